The Morgan fingerprint density at radius 2 is 2.20 bits per heavy atom. The summed E-state index contributed by atoms with van der Waals surface area (Å²) in [5.74, 6) is -1.12. The maximum atomic E-state index is 11.3. The quantitative estimate of drug-likeness (QED) is 0.512. The van der Waals surface area contributed by atoms with Crippen LogP contribution in [0.5, 0.6) is 5.19 Å². The molecule has 0 saturated carbocycles. The molecule has 0 unspecified atom stereocenters. The highest BCUT2D eigenvalue weighted by atomic mass is 32.1. The van der Waals surface area contributed by atoms with E-state index in [1.165, 1.54) is 12.2 Å². The first-order valence-corrected chi connectivity index (χ1v) is 6.81. The molecule has 0 saturated heterocycles. The number of ether oxygens (including phenoxy) is 1. The number of aromatic nitrogens is 1. The lowest BCUT2D eigenvalue weighted by Gasteiger charge is -2.18. The van der Waals surface area contributed by atoms with Gasteiger partial charge in [-0.25, -0.2) is 14.6 Å². The van der Waals surface area contributed by atoms with Crippen molar-refractivity contribution in [1.82, 2.24) is 4.98 Å². The molecule has 0 spiro atoms. The average Bonchev–Trinajstić information content (AvgIpc) is 2.66. The zero-order valence-electron chi connectivity index (χ0n) is 11.8. The van der Waals surface area contributed by atoms with Crippen molar-refractivity contribution in [3.8, 4) is 5.19 Å². The van der Waals surface area contributed by atoms with Gasteiger partial charge in [0, 0.05) is 0 Å². The zero-order chi connectivity index (χ0) is 15.3. The molecule has 0 aliphatic heterocycles. The van der Waals surface area contributed by atoms with E-state index in [4.69, 9.17) is 4.74 Å². The van der Waals surface area contributed by atoms with Crippen LogP contribution in [0.4, 0.5) is 5.00 Å². The van der Waals surface area contributed by atoms with Crippen molar-refractivity contribution in [3.05, 3.63) is 11.8 Å². The van der Waals surface area contributed by atoms with Crippen molar-refractivity contribution in [2.24, 2.45) is 4.99 Å². The third-order valence-corrected chi connectivity index (χ3v) is 2.85. The van der Waals surface area contributed by atoms with Crippen LogP contribution in [-0.2, 0) is 9.59 Å². The van der Waals surface area contributed by atoms with Gasteiger partial charge in [0.15, 0.2) is 5.00 Å². The van der Waals surface area contributed by atoms with Crippen LogP contribution in [0.25, 0.3) is 5.57 Å². The number of aliphatic carboxylic acids is 1. The molecule has 0 aromatic carbocycles. The Morgan fingerprint density at radius 1 is 1.55 bits per heavy atom. The smallest absolute Gasteiger partial charge is 0.337 e. The molecule has 0 aliphatic carbocycles. The molecule has 1 rings (SSSR count). The second kappa shape index (κ2) is 6.45. The Morgan fingerprint density at radius 3 is 2.65 bits per heavy atom. The van der Waals surface area contributed by atoms with Crippen molar-refractivity contribution in [2.75, 3.05) is 0 Å². The molecule has 20 heavy (non-hydrogen) atoms. The Bertz CT molecular complexity index is 578. The normalized spacial score (nSPS) is 11.9. The SMILES string of the molecule is CCC=C(C(=O)O)c1nc(OC(C)(C)C)sc1N=C=O. The number of carboxylic acid groups (broad SMARTS) is 1. The molecule has 6 nitrogen and oxygen atoms in total. The van der Waals surface area contributed by atoms with Crippen LogP contribution in [0, 0.1) is 0 Å². The molecule has 7 heteroatoms. The van der Waals surface area contributed by atoms with E-state index in [2.05, 4.69) is 9.98 Å². The molecular formula is C13H16N2O4S. The Labute approximate surface area is 120 Å². The van der Waals surface area contributed by atoms with Gasteiger partial charge in [-0.15, -0.1) is 0 Å². The predicted molar refractivity (Wildman–Crippen MR) is 76.2 cm³/mol. The fourth-order valence-electron chi connectivity index (χ4n) is 1.38. The topological polar surface area (TPSA) is 88.8 Å². The number of hydrogen-bond acceptors (Lipinski definition) is 6. The summed E-state index contributed by atoms with van der Waals surface area (Å²) in [5.41, 5.74) is -0.344. The first-order chi connectivity index (χ1) is 9.28. The van der Waals surface area contributed by atoms with E-state index >= 15 is 0 Å². The minimum absolute atomic E-state index is 0.00140. The van der Waals surface area contributed by atoms with Crippen LogP contribution in [0.2, 0.25) is 0 Å². The molecule has 0 amide bonds. The number of rotatable bonds is 5. The van der Waals surface area contributed by atoms with E-state index in [0.717, 1.165) is 11.3 Å². The van der Waals surface area contributed by atoms with E-state index in [1.54, 1.807) is 0 Å². The molecule has 1 aromatic heterocycles. The number of carbonyl (C=O) groups excluding carboxylic acids is 1. The molecule has 0 bridgehead atoms. The first-order valence-electron chi connectivity index (χ1n) is 6.00. The van der Waals surface area contributed by atoms with E-state index in [0.29, 0.717) is 6.42 Å². The van der Waals surface area contributed by atoms with Gasteiger partial charge in [0.1, 0.15) is 11.3 Å². The molecule has 1 aromatic rings. The Balaban J connectivity index is 3.33. The van der Waals surface area contributed by atoms with Crippen molar-refractivity contribution < 1.29 is 19.4 Å². The van der Waals surface area contributed by atoms with Gasteiger partial charge in [-0.2, -0.15) is 4.99 Å². The summed E-state index contributed by atoms with van der Waals surface area (Å²) in [6.07, 6.45) is 3.45. The highest BCUT2D eigenvalue weighted by molar-refractivity contribution is 7.17. The molecule has 0 radical (unpaired) electrons. The van der Waals surface area contributed by atoms with Crippen molar-refractivity contribution in [1.29, 1.82) is 0 Å². The molecule has 108 valence electrons. The second-order valence-electron chi connectivity index (χ2n) is 4.88. The van der Waals surface area contributed by atoms with Gasteiger partial charge in [-0.05, 0) is 27.2 Å². The van der Waals surface area contributed by atoms with Gasteiger partial charge in [-0.1, -0.05) is 24.3 Å². The fourth-order valence-corrected chi connectivity index (χ4v) is 2.31. The molecular weight excluding hydrogens is 280 g/mol. The average molecular weight is 296 g/mol. The van der Waals surface area contributed by atoms with Gasteiger partial charge < -0.3 is 9.84 Å². The highest BCUT2D eigenvalue weighted by Crippen LogP contribution is 2.38. The van der Waals surface area contributed by atoms with E-state index in [9.17, 15) is 14.7 Å². The maximum absolute atomic E-state index is 11.3. The maximum Gasteiger partial charge on any atom is 0.337 e. The van der Waals surface area contributed by atoms with Crippen molar-refractivity contribution in [2.45, 2.75) is 39.7 Å². The van der Waals surface area contributed by atoms with Crippen LogP contribution >= 0.6 is 11.3 Å². The molecule has 0 fully saturated rings. The minimum atomic E-state index is -1.12. The number of thiazole rings is 1. The van der Waals surface area contributed by atoms with Gasteiger partial charge in [0.05, 0.1) is 5.57 Å². The van der Waals surface area contributed by atoms with Crippen LogP contribution in [-0.4, -0.2) is 27.7 Å². The van der Waals surface area contributed by atoms with E-state index < -0.39 is 11.6 Å². The number of aliphatic imine (C=N–C) groups is 1. The van der Waals surface area contributed by atoms with E-state index in [-0.39, 0.29) is 21.5 Å². The van der Waals surface area contributed by atoms with Crippen LogP contribution in [0.1, 0.15) is 39.8 Å². The largest absolute Gasteiger partial charge is 0.478 e. The summed E-state index contributed by atoms with van der Waals surface area (Å²) < 4.78 is 5.57. The summed E-state index contributed by atoms with van der Waals surface area (Å²) in [6, 6.07) is 0. The predicted octanol–water partition coefficient (Wildman–Crippen LogP) is 3.17. The fraction of sp³-hybridized carbons (Fsp3) is 0.462. The van der Waals surface area contributed by atoms with Gasteiger partial charge in [-0.3, -0.25) is 0 Å². The highest BCUT2D eigenvalue weighted by Gasteiger charge is 2.23. The van der Waals surface area contributed by atoms with Gasteiger partial charge in [0.25, 0.3) is 5.19 Å². The monoisotopic (exact) mass is 296 g/mol. The third-order valence-electron chi connectivity index (χ3n) is 2.02. The molecule has 0 aliphatic rings. The second-order valence-corrected chi connectivity index (χ2v) is 5.82. The number of allylic oxidation sites excluding steroid dienone is 1. The minimum Gasteiger partial charge on any atom is -0.478 e. The summed E-state index contributed by atoms with van der Waals surface area (Å²) in [6.45, 7) is 7.34. The third kappa shape index (κ3) is 4.29. The molecule has 1 N–H and O–H groups in total. The lowest BCUT2D eigenvalue weighted by atomic mass is 10.1. The number of carboxylic acids is 1. The summed E-state index contributed by atoms with van der Waals surface area (Å²) in [5, 5.41) is 9.66. The lowest BCUT2D eigenvalue weighted by Crippen LogP contribution is -2.22. The van der Waals surface area contributed by atoms with Gasteiger partial charge >= 0.3 is 5.97 Å². The van der Waals surface area contributed by atoms with Crippen molar-refractivity contribution in [3.63, 3.8) is 0 Å². The molecule has 0 atom stereocenters. The Hall–Kier alpha value is -1.98. The number of isocyanates is 1. The van der Waals surface area contributed by atoms with Crippen LogP contribution in [0.3, 0.4) is 0 Å². The van der Waals surface area contributed by atoms with Gasteiger partial charge in [0.2, 0.25) is 6.08 Å². The number of hydrogen-bond donors (Lipinski definition) is 1. The standard InChI is InChI=1S/C13H16N2O4S/c1-5-6-8(11(17)18)9-10(14-7-16)20-12(15-9)19-13(2,3)4/h6H,5H2,1-4H3,(H,17,18). The number of nitrogens with zero attached hydrogens (tertiary/aromatic N) is 2. The first kappa shape index (κ1) is 16.1. The van der Waals surface area contributed by atoms with Crippen LogP contribution < -0.4 is 4.74 Å². The lowest BCUT2D eigenvalue weighted by molar-refractivity contribution is -0.130. The number of carbonyl (C=O) groups is 1. The van der Waals surface area contributed by atoms with Crippen molar-refractivity contribution >= 4 is 34.0 Å². The summed E-state index contributed by atoms with van der Waals surface area (Å²) >= 11 is 1.02. The van der Waals surface area contributed by atoms with E-state index in [1.807, 2.05) is 27.7 Å². The zero-order valence-corrected chi connectivity index (χ0v) is 12.6. The molecule has 1 heterocycles. The van der Waals surface area contributed by atoms with Crippen LogP contribution in [0.15, 0.2) is 11.1 Å². The summed E-state index contributed by atoms with van der Waals surface area (Å²) in [7, 11) is 0. The summed E-state index contributed by atoms with van der Waals surface area (Å²) in [4.78, 5) is 29.3. The Kier molecular flexibility index (Phi) is 5.19.